The second-order valence-corrected chi connectivity index (χ2v) is 6.90. The molecule has 0 bridgehead atoms. The summed E-state index contributed by atoms with van der Waals surface area (Å²) >= 11 is 0. The van der Waals surface area contributed by atoms with E-state index in [1.807, 2.05) is 12.1 Å². The number of sulfone groups is 1. The van der Waals surface area contributed by atoms with E-state index in [9.17, 15) is 12.8 Å². The van der Waals surface area contributed by atoms with E-state index in [-0.39, 0.29) is 16.0 Å². The molecular weight excluding hydrogens is 289 g/mol. The average molecular weight is 303 g/mol. The van der Waals surface area contributed by atoms with Crippen LogP contribution in [0.5, 0.6) is 0 Å². The minimum Gasteiger partial charge on any atom is -0.223 e. The largest absolute Gasteiger partial charge is 0.223 e. The Morgan fingerprint density at radius 3 is 2.52 bits per heavy atom. The molecule has 108 valence electrons. The topological polar surface area (TPSA) is 57.9 Å². The summed E-state index contributed by atoms with van der Waals surface area (Å²) in [5.74, 6) is -1.08. The van der Waals surface area contributed by atoms with Crippen molar-refractivity contribution in [2.24, 2.45) is 0 Å². The number of benzene rings is 2. The predicted molar refractivity (Wildman–Crippen MR) is 77.9 cm³/mol. The van der Waals surface area contributed by atoms with Gasteiger partial charge < -0.3 is 0 Å². The first-order valence-corrected chi connectivity index (χ1v) is 7.97. The number of halogens is 1. The Morgan fingerprint density at radius 1 is 1.14 bits per heavy atom. The van der Waals surface area contributed by atoms with Gasteiger partial charge in [0.2, 0.25) is 0 Å². The first-order chi connectivity index (χ1) is 9.83. The Bertz CT molecular complexity index is 836. The molecule has 0 spiro atoms. The summed E-state index contributed by atoms with van der Waals surface area (Å²) in [7, 11) is -3.66. The van der Waals surface area contributed by atoms with Crippen LogP contribution in [0.2, 0.25) is 0 Å². The lowest BCUT2D eigenvalue weighted by Crippen LogP contribution is -2.08. The Morgan fingerprint density at radius 2 is 1.86 bits per heavy atom. The van der Waals surface area contributed by atoms with Gasteiger partial charge in [-0.1, -0.05) is 12.1 Å². The molecule has 0 fully saturated rings. The van der Waals surface area contributed by atoms with E-state index < -0.39 is 21.4 Å². The van der Waals surface area contributed by atoms with Crippen LogP contribution in [-0.4, -0.2) is 8.42 Å². The van der Waals surface area contributed by atoms with Gasteiger partial charge in [-0.3, -0.25) is 0 Å². The minimum absolute atomic E-state index is 0.00922. The summed E-state index contributed by atoms with van der Waals surface area (Å²) in [6, 6.07) is 10.7. The highest BCUT2D eigenvalue weighted by atomic mass is 32.2. The number of hydrogen-bond acceptors (Lipinski definition) is 3. The van der Waals surface area contributed by atoms with E-state index >= 15 is 0 Å². The molecule has 2 rings (SSSR count). The fraction of sp³-hybridized carbons (Fsp3) is 0.188. The molecule has 0 unspecified atom stereocenters. The second-order valence-electron chi connectivity index (χ2n) is 4.95. The molecular formula is C16H14FNO2S. The lowest BCUT2D eigenvalue weighted by atomic mass is 10.1. The molecule has 0 aromatic heterocycles. The van der Waals surface area contributed by atoms with Crippen LogP contribution in [0.4, 0.5) is 4.39 Å². The second kappa shape index (κ2) is 5.66. The van der Waals surface area contributed by atoms with E-state index in [1.54, 1.807) is 26.0 Å². The highest BCUT2D eigenvalue weighted by Crippen LogP contribution is 2.23. The third kappa shape index (κ3) is 3.29. The van der Waals surface area contributed by atoms with Crippen molar-refractivity contribution < 1.29 is 12.8 Å². The first kappa shape index (κ1) is 15.2. The molecule has 0 radical (unpaired) electrons. The van der Waals surface area contributed by atoms with Crippen molar-refractivity contribution in [3.8, 4) is 6.07 Å². The number of nitriles is 1. The Labute approximate surface area is 123 Å². The van der Waals surface area contributed by atoms with Gasteiger partial charge in [-0.15, -0.1) is 0 Å². The fourth-order valence-electron chi connectivity index (χ4n) is 2.08. The van der Waals surface area contributed by atoms with Crippen molar-refractivity contribution in [1.82, 2.24) is 0 Å². The Hall–Kier alpha value is -2.19. The zero-order valence-corrected chi connectivity index (χ0v) is 12.5. The Kier molecular flexibility index (Phi) is 4.10. The first-order valence-electron chi connectivity index (χ1n) is 6.32. The molecule has 0 atom stereocenters. The predicted octanol–water partition coefficient (Wildman–Crippen LogP) is 3.29. The molecule has 0 N–H and O–H groups in total. The quantitative estimate of drug-likeness (QED) is 0.874. The number of nitrogens with zero attached hydrogens (tertiary/aromatic N) is 1. The zero-order valence-electron chi connectivity index (χ0n) is 11.7. The van der Waals surface area contributed by atoms with Crippen molar-refractivity contribution in [3.05, 3.63) is 64.5 Å². The summed E-state index contributed by atoms with van der Waals surface area (Å²) in [5, 5.41) is 8.83. The Balaban J connectivity index is 2.47. The van der Waals surface area contributed by atoms with E-state index in [1.165, 1.54) is 12.1 Å². The van der Waals surface area contributed by atoms with Crippen molar-refractivity contribution in [3.63, 3.8) is 0 Å². The van der Waals surface area contributed by atoms with Crippen molar-refractivity contribution in [2.45, 2.75) is 24.5 Å². The van der Waals surface area contributed by atoms with Crippen LogP contribution in [0.15, 0.2) is 41.3 Å². The monoisotopic (exact) mass is 303 g/mol. The van der Waals surface area contributed by atoms with Crippen molar-refractivity contribution in [2.75, 3.05) is 0 Å². The van der Waals surface area contributed by atoms with E-state index in [4.69, 9.17) is 5.26 Å². The molecule has 0 heterocycles. The molecule has 0 aliphatic carbocycles. The molecule has 2 aromatic carbocycles. The molecule has 0 saturated heterocycles. The molecule has 0 aliphatic heterocycles. The maximum atomic E-state index is 13.8. The van der Waals surface area contributed by atoms with Gasteiger partial charge in [-0.25, -0.2) is 12.8 Å². The van der Waals surface area contributed by atoms with Crippen LogP contribution < -0.4 is 0 Å². The summed E-state index contributed by atoms with van der Waals surface area (Å²) in [5.41, 5.74) is 1.69. The molecule has 3 nitrogen and oxygen atoms in total. The van der Waals surface area contributed by atoms with Crippen molar-refractivity contribution >= 4 is 9.84 Å². The smallest absolute Gasteiger partial charge is 0.182 e. The normalized spacial score (nSPS) is 11.1. The van der Waals surface area contributed by atoms with Crippen LogP contribution in [0, 0.1) is 31.0 Å². The fourth-order valence-corrected chi connectivity index (χ4v) is 3.79. The highest BCUT2D eigenvalue weighted by molar-refractivity contribution is 7.90. The van der Waals surface area contributed by atoms with E-state index in [0.717, 1.165) is 11.6 Å². The van der Waals surface area contributed by atoms with Gasteiger partial charge in [0.15, 0.2) is 9.84 Å². The maximum absolute atomic E-state index is 13.8. The molecule has 0 saturated carbocycles. The summed E-state index contributed by atoms with van der Waals surface area (Å²) in [6.07, 6.45) is 0. The number of hydrogen-bond donors (Lipinski definition) is 0. The molecule has 5 heteroatoms. The van der Waals surface area contributed by atoms with Gasteiger partial charge in [0, 0.05) is 5.56 Å². The number of rotatable bonds is 3. The van der Waals surface area contributed by atoms with Crippen LogP contribution in [0.25, 0.3) is 0 Å². The lowest BCUT2D eigenvalue weighted by molar-refractivity contribution is 0.586. The van der Waals surface area contributed by atoms with E-state index in [0.29, 0.717) is 5.56 Å². The number of aryl methyl sites for hydroxylation is 2. The third-order valence-electron chi connectivity index (χ3n) is 3.20. The van der Waals surface area contributed by atoms with Gasteiger partial charge >= 0.3 is 0 Å². The van der Waals surface area contributed by atoms with Crippen LogP contribution >= 0.6 is 0 Å². The van der Waals surface area contributed by atoms with Gasteiger partial charge in [-0.05, 0) is 49.2 Å². The summed E-state index contributed by atoms with van der Waals surface area (Å²) in [6.45, 7) is 3.50. The van der Waals surface area contributed by atoms with Crippen LogP contribution in [-0.2, 0) is 15.6 Å². The molecule has 2 aromatic rings. The molecule has 0 amide bonds. The molecule has 21 heavy (non-hydrogen) atoms. The zero-order chi connectivity index (χ0) is 15.6. The molecule has 0 aliphatic rings. The van der Waals surface area contributed by atoms with E-state index in [2.05, 4.69) is 0 Å². The SMILES string of the molecule is Cc1ccc(C)c(S(=O)(=O)Cc2cc(C#N)ccc2F)c1. The average Bonchev–Trinajstić information content (AvgIpc) is 2.43. The highest BCUT2D eigenvalue weighted by Gasteiger charge is 2.20. The summed E-state index contributed by atoms with van der Waals surface area (Å²) < 4.78 is 38.7. The summed E-state index contributed by atoms with van der Waals surface area (Å²) in [4.78, 5) is 0.198. The minimum atomic E-state index is -3.66. The third-order valence-corrected chi connectivity index (χ3v) is 5.00. The van der Waals surface area contributed by atoms with Crippen LogP contribution in [0.3, 0.4) is 0 Å². The van der Waals surface area contributed by atoms with Gasteiger partial charge in [0.25, 0.3) is 0 Å². The van der Waals surface area contributed by atoms with Gasteiger partial charge in [0.1, 0.15) is 5.82 Å². The van der Waals surface area contributed by atoms with Gasteiger partial charge in [0.05, 0.1) is 22.3 Å². The standard InChI is InChI=1S/C16H14FNO2S/c1-11-3-4-12(2)16(7-11)21(19,20)10-14-8-13(9-18)5-6-15(14)17/h3-8H,10H2,1-2H3. The lowest BCUT2D eigenvalue weighted by Gasteiger charge is -2.09. The maximum Gasteiger partial charge on any atom is 0.182 e. The van der Waals surface area contributed by atoms with Crippen molar-refractivity contribution in [1.29, 1.82) is 5.26 Å². The van der Waals surface area contributed by atoms with Gasteiger partial charge in [-0.2, -0.15) is 5.26 Å². The van der Waals surface area contributed by atoms with Crippen LogP contribution in [0.1, 0.15) is 22.3 Å².